The quantitative estimate of drug-likeness (QED) is 0.835. The maximum atomic E-state index is 12.5. The van der Waals surface area contributed by atoms with Crippen LogP contribution < -0.4 is 14.8 Å². The zero-order chi connectivity index (χ0) is 17.5. The van der Waals surface area contributed by atoms with Gasteiger partial charge in [-0.15, -0.1) is 0 Å². The van der Waals surface area contributed by atoms with E-state index >= 15 is 0 Å². The van der Waals surface area contributed by atoms with Crippen molar-refractivity contribution < 1.29 is 14.3 Å². The molecular formula is C20H25NO3. The van der Waals surface area contributed by atoms with Crippen LogP contribution in [-0.2, 0) is 4.79 Å². The molecule has 0 saturated carbocycles. The number of nitrogens with one attached hydrogen (secondary N) is 1. The van der Waals surface area contributed by atoms with Gasteiger partial charge in [0.1, 0.15) is 11.5 Å². The lowest BCUT2D eigenvalue weighted by Gasteiger charge is -2.21. The summed E-state index contributed by atoms with van der Waals surface area (Å²) in [6.07, 6.45) is 0.0738. The second-order valence-corrected chi connectivity index (χ2v) is 5.83. The zero-order valence-electron chi connectivity index (χ0n) is 14.7. The Morgan fingerprint density at radius 3 is 2.17 bits per heavy atom. The second kappa shape index (κ2) is 8.39. The molecule has 0 aliphatic carbocycles. The van der Waals surface area contributed by atoms with Crippen LogP contribution in [0.15, 0.2) is 48.5 Å². The molecule has 0 unspecified atom stereocenters. The lowest BCUT2D eigenvalue weighted by molar-refractivity contribution is -0.128. The minimum atomic E-state index is -0.522. The fourth-order valence-electron chi connectivity index (χ4n) is 2.39. The van der Waals surface area contributed by atoms with Gasteiger partial charge in [0.2, 0.25) is 0 Å². The first-order valence-electron chi connectivity index (χ1n) is 8.21. The van der Waals surface area contributed by atoms with Crippen molar-refractivity contribution in [1.29, 1.82) is 0 Å². The van der Waals surface area contributed by atoms with Crippen LogP contribution in [0.4, 0.5) is 0 Å². The van der Waals surface area contributed by atoms with Gasteiger partial charge in [-0.3, -0.25) is 4.79 Å². The molecule has 1 N–H and O–H groups in total. The normalized spacial score (nSPS) is 13.0. The molecular weight excluding hydrogens is 302 g/mol. The molecule has 0 bridgehead atoms. The summed E-state index contributed by atoms with van der Waals surface area (Å²) in [6, 6.07) is 15.3. The largest absolute Gasteiger partial charge is 0.497 e. The van der Waals surface area contributed by atoms with Gasteiger partial charge >= 0.3 is 0 Å². The van der Waals surface area contributed by atoms with Crippen molar-refractivity contribution in [2.45, 2.75) is 39.3 Å². The molecule has 0 spiro atoms. The molecule has 0 saturated heterocycles. The van der Waals surface area contributed by atoms with Gasteiger partial charge in [-0.25, -0.2) is 0 Å². The lowest BCUT2D eigenvalue weighted by Crippen LogP contribution is -2.39. The molecule has 0 aliphatic rings. The first kappa shape index (κ1) is 17.9. The number of ether oxygens (including phenoxy) is 2. The Labute approximate surface area is 143 Å². The summed E-state index contributed by atoms with van der Waals surface area (Å²) in [5.74, 6) is 1.30. The number of carbonyl (C=O) groups excluding carboxylic acids is 1. The maximum Gasteiger partial charge on any atom is 0.261 e. The Kier molecular flexibility index (Phi) is 6.24. The van der Waals surface area contributed by atoms with Crippen LogP contribution in [-0.4, -0.2) is 19.1 Å². The van der Waals surface area contributed by atoms with E-state index < -0.39 is 6.10 Å². The third kappa shape index (κ3) is 4.75. The second-order valence-electron chi connectivity index (χ2n) is 5.83. The summed E-state index contributed by atoms with van der Waals surface area (Å²) < 4.78 is 10.9. The van der Waals surface area contributed by atoms with Crippen molar-refractivity contribution in [2.24, 2.45) is 0 Å². The Balaban J connectivity index is 1.98. The number of rotatable bonds is 7. The van der Waals surface area contributed by atoms with Crippen molar-refractivity contribution in [3.05, 3.63) is 59.7 Å². The molecule has 2 aromatic carbocycles. The number of hydrogen-bond donors (Lipinski definition) is 1. The predicted molar refractivity (Wildman–Crippen MR) is 95.4 cm³/mol. The highest BCUT2D eigenvalue weighted by Gasteiger charge is 2.20. The third-order valence-corrected chi connectivity index (χ3v) is 3.94. The predicted octanol–water partition coefficient (Wildman–Crippen LogP) is 4.04. The van der Waals surface area contributed by atoms with E-state index in [9.17, 15) is 4.79 Å². The average Bonchev–Trinajstić information content (AvgIpc) is 2.60. The van der Waals surface area contributed by atoms with Crippen LogP contribution in [0.5, 0.6) is 11.5 Å². The molecule has 2 rings (SSSR count). The molecule has 2 aromatic rings. The molecule has 0 aromatic heterocycles. The van der Waals surface area contributed by atoms with Gasteiger partial charge in [-0.05, 0) is 50.1 Å². The topological polar surface area (TPSA) is 47.6 Å². The summed E-state index contributed by atoms with van der Waals surface area (Å²) in [4.78, 5) is 12.5. The Morgan fingerprint density at radius 1 is 1.04 bits per heavy atom. The molecule has 128 valence electrons. The Morgan fingerprint density at radius 2 is 1.62 bits per heavy atom. The fourth-order valence-corrected chi connectivity index (χ4v) is 2.39. The minimum absolute atomic E-state index is 0.0633. The zero-order valence-corrected chi connectivity index (χ0v) is 14.7. The summed E-state index contributed by atoms with van der Waals surface area (Å²) in [6.45, 7) is 5.95. The smallest absolute Gasteiger partial charge is 0.261 e. The highest BCUT2D eigenvalue weighted by atomic mass is 16.5. The van der Waals surface area contributed by atoms with Crippen molar-refractivity contribution >= 4 is 5.91 Å². The van der Waals surface area contributed by atoms with E-state index in [1.165, 1.54) is 5.56 Å². The number of carbonyl (C=O) groups is 1. The summed E-state index contributed by atoms with van der Waals surface area (Å²) in [5.41, 5.74) is 2.28. The fraction of sp³-hybridized carbons (Fsp3) is 0.350. The summed E-state index contributed by atoms with van der Waals surface area (Å²) in [5, 5.41) is 3.02. The van der Waals surface area contributed by atoms with Crippen LogP contribution >= 0.6 is 0 Å². The lowest BCUT2D eigenvalue weighted by atomic mass is 10.1. The van der Waals surface area contributed by atoms with E-state index in [0.29, 0.717) is 12.2 Å². The molecule has 0 aliphatic heterocycles. The number of hydrogen-bond acceptors (Lipinski definition) is 3. The molecule has 2 atom stereocenters. The monoisotopic (exact) mass is 327 g/mol. The molecule has 1 amide bonds. The van der Waals surface area contributed by atoms with Gasteiger partial charge in [-0.2, -0.15) is 0 Å². The molecule has 4 heteroatoms. The standard InChI is InChI=1S/C20H25NO3/c1-5-19(24-18-12-10-17(23-4)11-13-18)20(22)21-15(3)16-8-6-14(2)7-9-16/h6-13,15,19H,5H2,1-4H3,(H,21,22)/t15-,19-/m1/s1. The molecule has 24 heavy (non-hydrogen) atoms. The number of benzene rings is 2. The van der Waals surface area contributed by atoms with Crippen molar-refractivity contribution in [2.75, 3.05) is 7.11 Å². The van der Waals surface area contributed by atoms with Crippen LogP contribution in [0.25, 0.3) is 0 Å². The van der Waals surface area contributed by atoms with E-state index in [4.69, 9.17) is 9.47 Å². The van der Waals surface area contributed by atoms with Crippen LogP contribution in [0.2, 0.25) is 0 Å². The van der Waals surface area contributed by atoms with Gasteiger partial charge < -0.3 is 14.8 Å². The van der Waals surface area contributed by atoms with Crippen molar-refractivity contribution in [3.63, 3.8) is 0 Å². The van der Waals surface area contributed by atoms with E-state index in [2.05, 4.69) is 5.32 Å². The maximum absolute atomic E-state index is 12.5. The highest BCUT2D eigenvalue weighted by Crippen LogP contribution is 2.20. The minimum Gasteiger partial charge on any atom is -0.497 e. The first-order valence-corrected chi connectivity index (χ1v) is 8.21. The van der Waals surface area contributed by atoms with Crippen LogP contribution in [0.3, 0.4) is 0 Å². The average molecular weight is 327 g/mol. The number of methoxy groups -OCH3 is 1. The van der Waals surface area contributed by atoms with E-state index in [1.807, 2.05) is 57.2 Å². The van der Waals surface area contributed by atoms with E-state index in [0.717, 1.165) is 11.3 Å². The molecule has 0 heterocycles. The van der Waals surface area contributed by atoms with E-state index in [1.54, 1.807) is 19.2 Å². The third-order valence-electron chi connectivity index (χ3n) is 3.94. The van der Waals surface area contributed by atoms with Gasteiger partial charge in [0.05, 0.1) is 13.2 Å². The van der Waals surface area contributed by atoms with Gasteiger partial charge in [0, 0.05) is 0 Å². The van der Waals surface area contributed by atoms with Crippen LogP contribution in [0.1, 0.15) is 37.4 Å². The van der Waals surface area contributed by atoms with Crippen molar-refractivity contribution in [1.82, 2.24) is 5.32 Å². The number of aryl methyl sites for hydroxylation is 1. The molecule has 0 radical (unpaired) electrons. The van der Waals surface area contributed by atoms with E-state index in [-0.39, 0.29) is 11.9 Å². The van der Waals surface area contributed by atoms with Crippen LogP contribution in [0, 0.1) is 6.92 Å². The highest BCUT2D eigenvalue weighted by molar-refractivity contribution is 5.81. The van der Waals surface area contributed by atoms with Gasteiger partial charge in [0.25, 0.3) is 5.91 Å². The SMILES string of the molecule is CC[C@@H](Oc1ccc(OC)cc1)C(=O)N[C@H](C)c1ccc(C)cc1. The Bertz CT molecular complexity index is 650. The summed E-state index contributed by atoms with van der Waals surface area (Å²) in [7, 11) is 1.62. The van der Waals surface area contributed by atoms with Gasteiger partial charge in [-0.1, -0.05) is 36.8 Å². The summed E-state index contributed by atoms with van der Waals surface area (Å²) >= 11 is 0. The first-order chi connectivity index (χ1) is 11.5. The Hall–Kier alpha value is -2.49. The molecule has 0 fully saturated rings. The van der Waals surface area contributed by atoms with Crippen molar-refractivity contribution in [3.8, 4) is 11.5 Å². The number of amides is 1. The molecule has 4 nitrogen and oxygen atoms in total. The van der Waals surface area contributed by atoms with Gasteiger partial charge in [0.15, 0.2) is 6.10 Å².